The smallest absolute Gasteiger partial charge is 0.182 e. The van der Waals surface area contributed by atoms with Gasteiger partial charge in [0, 0.05) is 15.5 Å². The van der Waals surface area contributed by atoms with Crippen LogP contribution in [0.2, 0.25) is 0 Å². The van der Waals surface area contributed by atoms with Gasteiger partial charge in [0.25, 0.3) is 0 Å². The van der Waals surface area contributed by atoms with Gasteiger partial charge in [-0.05, 0) is 62.9 Å². The second kappa shape index (κ2) is 6.00. The highest BCUT2D eigenvalue weighted by Gasteiger charge is 2.20. The normalized spacial score (nSPS) is 15.6. The zero-order chi connectivity index (χ0) is 15.8. The first-order valence-electron chi connectivity index (χ1n) is 8.20. The Bertz CT molecular complexity index is 849. The fourth-order valence-electron chi connectivity index (χ4n) is 3.30. The maximum Gasteiger partial charge on any atom is 0.182 e. The highest BCUT2D eigenvalue weighted by atomic mass is 32.1. The molecule has 120 valence electrons. The molecule has 0 amide bonds. The Labute approximate surface area is 138 Å². The molecule has 1 fully saturated rings. The second-order valence-electron chi connectivity index (χ2n) is 5.97. The third kappa shape index (κ3) is 2.65. The Morgan fingerprint density at radius 2 is 1.91 bits per heavy atom. The van der Waals surface area contributed by atoms with E-state index < -0.39 is 0 Å². The minimum absolute atomic E-state index is 0.167. The number of ether oxygens (including phenoxy) is 2. The summed E-state index contributed by atoms with van der Waals surface area (Å²) in [6.07, 6.45) is 4.58. The van der Waals surface area contributed by atoms with Gasteiger partial charge in [0.2, 0.25) is 0 Å². The van der Waals surface area contributed by atoms with E-state index in [9.17, 15) is 4.39 Å². The summed E-state index contributed by atoms with van der Waals surface area (Å²) < 4.78 is 28.0. The highest BCUT2D eigenvalue weighted by Crippen LogP contribution is 2.40. The molecule has 4 rings (SSSR count). The Hall–Kier alpha value is -1.81. The molecule has 0 atom stereocenters. The van der Waals surface area contributed by atoms with Gasteiger partial charge in [-0.2, -0.15) is 0 Å². The molecule has 1 saturated carbocycles. The Kier molecular flexibility index (Phi) is 3.85. The number of halogens is 1. The van der Waals surface area contributed by atoms with Crippen molar-refractivity contribution in [3.8, 4) is 11.5 Å². The fourth-order valence-corrected chi connectivity index (χ4v) is 4.46. The quantitative estimate of drug-likeness (QED) is 0.591. The Morgan fingerprint density at radius 1 is 1.13 bits per heavy atom. The number of rotatable bonds is 4. The SMILES string of the molecule is CCOc1ccc2c(c1)sc1c(F)c(OC3CCCC3)ccc12. The van der Waals surface area contributed by atoms with Gasteiger partial charge < -0.3 is 9.47 Å². The summed E-state index contributed by atoms with van der Waals surface area (Å²) in [7, 11) is 0. The Morgan fingerprint density at radius 3 is 2.70 bits per heavy atom. The molecule has 0 bridgehead atoms. The standard InChI is InChI=1S/C19H19FO2S/c1-2-21-13-7-8-14-15-9-10-16(22-12-5-3-4-6-12)18(20)19(15)23-17(14)11-13/h7-12H,2-6H2,1H3. The van der Waals surface area contributed by atoms with Crippen molar-refractivity contribution in [2.45, 2.75) is 38.7 Å². The van der Waals surface area contributed by atoms with Crippen LogP contribution in [0.25, 0.3) is 20.2 Å². The molecule has 4 heteroatoms. The van der Waals surface area contributed by atoms with Crippen LogP contribution >= 0.6 is 11.3 Å². The molecule has 1 aliphatic carbocycles. The molecular weight excluding hydrogens is 311 g/mol. The lowest BCUT2D eigenvalue weighted by Gasteiger charge is -2.13. The zero-order valence-corrected chi connectivity index (χ0v) is 13.9. The van der Waals surface area contributed by atoms with Crippen LogP contribution < -0.4 is 9.47 Å². The monoisotopic (exact) mass is 330 g/mol. The number of fused-ring (bicyclic) bond motifs is 3. The van der Waals surface area contributed by atoms with E-state index in [2.05, 4.69) is 0 Å². The topological polar surface area (TPSA) is 18.5 Å². The van der Waals surface area contributed by atoms with E-state index in [1.54, 1.807) is 6.07 Å². The maximum atomic E-state index is 14.9. The summed E-state index contributed by atoms with van der Waals surface area (Å²) >= 11 is 1.47. The summed E-state index contributed by atoms with van der Waals surface area (Å²) in [6, 6.07) is 9.69. The molecule has 0 radical (unpaired) electrons. The summed E-state index contributed by atoms with van der Waals surface area (Å²) in [5.41, 5.74) is 0. The molecule has 2 aromatic carbocycles. The van der Waals surface area contributed by atoms with Crippen LogP contribution in [0.3, 0.4) is 0 Å². The van der Waals surface area contributed by atoms with Crippen LogP contribution in [0.1, 0.15) is 32.6 Å². The van der Waals surface area contributed by atoms with Crippen molar-refractivity contribution >= 4 is 31.5 Å². The van der Waals surface area contributed by atoms with E-state index in [-0.39, 0.29) is 11.9 Å². The van der Waals surface area contributed by atoms with Crippen LogP contribution in [0.15, 0.2) is 30.3 Å². The van der Waals surface area contributed by atoms with Crippen LogP contribution in [-0.4, -0.2) is 12.7 Å². The number of benzene rings is 2. The number of hydrogen-bond acceptors (Lipinski definition) is 3. The first-order chi connectivity index (χ1) is 11.3. The summed E-state index contributed by atoms with van der Waals surface area (Å²) in [5.74, 6) is 0.990. The van der Waals surface area contributed by atoms with E-state index in [1.807, 2.05) is 31.2 Å². The fraction of sp³-hybridized carbons (Fsp3) is 0.368. The third-order valence-corrected chi connectivity index (χ3v) is 5.58. The highest BCUT2D eigenvalue weighted by molar-refractivity contribution is 7.25. The molecule has 0 saturated heterocycles. The molecule has 1 heterocycles. The predicted octanol–water partition coefficient (Wildman–Crippen LogP) is 5.91. The third-order valence-electron chi connectivity index (χ3n) is 4.42. The molecule has 1 aromatic heterocycles. The van der Waals surface area contributed by atoms with Gasteiger partial charge in [-0.15, -0.1) is 11.3 Å². The first kappa shape index (κ1) is 14.8. The van der Waals surface area contributed by atoms with Crippen LogP contribution in [-0.2, 0) is 0 Å². The van der Waals surface area contributed by atoms with E-state index in [0.29, 0.717) is 17.1 Å². The molecule has 0 N–H and O–H groups in total. The number of thiophene rings is 1. The summed E-state index contributed by atoms with van der Waals surface area (Å²) in [5, 5.41) is 2.02. The largest absolute Gasteiger partial charge is 0.494 e. The van der Waals surface area contributed by atoms with Crippen molar-refractivity contribution in [1.29, 1.82) is 0 Å². The minimum Gasteiger partial charge on any atom is -0.494 e. The lowest BCUT2D eigenvalue weighted by atomic mass is 10.1. The van der Waals surface area contributed by atoms with E-state index in [0.717, 1.165) is 34.1 Å². The van der Waals surface area contributed by atoms with Gasteiger partial charge in [0.15, 0.2) is 11.6 Å². The van der Waals surface area contributed by atoms with Gasteiger partial charge in [0.05, 0.1) is 17.4 Å². The average Bonchev–Trinajstić information content (AvgIpc) is 3.18. The molecule has 0 spiro atoms. The molecule has 0 unspecified atom stereocenters. The van der Waals surface area contributed by atoms with Crippen LogP contribution in [0.4, 0.5) is 4.39 Å². The van der Waals surface area contributed by atoms with Gasteiger partial charge in [-0.1, -0.05) is 0 Å². The summed E-state index contributed by atoms with van der Waals surface area (Å²) in [6.45, 7) is 2.59. The van der Waals surface area contributed by atoms with Gasteiger partial charge >= 0.3 is 0 Å². The van der Waals surface area contributed by atoms with Gasteiger partial charge in [-0.25, -0.2) is 4.39 Å². The molecule has 0 aliphatic heterocycles. The minimum atomic E-state index is -0.228. The van der Waals surface area contributed by atoms with E-state index in [1.165, 1.54) is 24.2 Å². The molecule has 23 heavy (non-hydrogen) atoms. The maximum absolute atomic E-state index is 14.9. The number of hydrogen-bond donors (Lipinski definition) is 0. The first-order valence-corrected chi connectivity index (χ1v) is 9.02. The zero-order valence-electron chi connectivity index (χ0n) is 13.1. The van der Waals surface area contributed by atoms with Crippen molar-refractivity contribution < 1.29 is 13.9 Å². The van der Waals surface area contributed by atoms with Crippen molar-refractivity contribution in [3.63, 3.8) is 0 Å². The van der Waals surface area contributed by atoms with Crippen molar-refractivity contribution in [3.05, 3.63) is 36.1 Å². The molecule has 1 aliphatic rings. The molecule has 3 aromatic rings. The average molecular weight is 330 g/mol. The summed E-state index contributed by atoms with van der Waals surface area (Å²) in [4.78, 5) is 0. The van der Waals surface area contributed by atoms with Crippen molar-refractivity contribution in [1.82, 2.24) is 0 Å². The van der Waals surface area contributed by atoms with E-state index >= 15 is 0 Å². The van der Waals surface area contributed by atoms with Crippen LogP contribution in [0.5, 0.6) is 11.5 Å². The lowest BCUT2D eigenvalue weighted by molar-refractivity contribution is 0.201. The van der Waals surface area contributed by atoms with Gasteiger partial charge in [-0.3, -0.25) is 0 Å². The lowest BCUT2D eigenvalue weighted by Crippen LogP contribution is -2.11. The molecular formula is C19H19FO2S. The molecule has 2 nitrogen and oxygen atoms in total. The predicted molar refractivity (Wildman–Crippen MR) is 93.3 cm³/mol. The second-order valence-corrected chi connectivity index (χ2v) is 7.02. The van der Waals surface area contributed by atoms with Crippen molar-refractivity contribution in [2.75, 3.05) is 6.61 Å². The van der Waals surface area contributed by atoms with E-state index in [4.69, 9.17) is 9.47 Å². The van der Waals surface area contributed by atoms with Gasteiger partial charge in [0.1, 0.15) is 5.75 Å². The Balaban J connectivity index is 1.77. The van der Waals surface area contributed by atoms with Crippen molar-refractivity contribution in [2.24, 2.45) is 0 Å². The van der Waals surface area contributed by atoms with Crippen LogP contribution in [0, 0.1) is 5.82 Å².